The molecule has 0 heterocycles. The van der Waals surface area contributed by atoms with Crippen molar-refractivity contribution in [3.8, 4) is 0 Å². The fourth-order valence-electron chi connectivity index (χ4n) is 2.79. The molecule has 0 aliphatic rings. The monoisotopic (exact) mass is 311 g/mol. The van der Waals surface area contributed by atoms with Crippen molar-refractivity contribution in [3.05, 3.63) is 11.9 Å². The molecule has 0 unspecified atom stereocenters. The minimum absolute atomic E-state index is 0.666. The van der Waals surface area contributed by atoms with Gasteiger partial charge in [0.1, 0.15) is 0 Å². The van der Waals surface area contributed by atoms with E-state index in [4.69, 9.17) is 0 Å². The maximum absolute atomic E-state index is 12.5. The van der Waals surface area contributed by atoms with Gasteiger partial charge >= 0.3 is 0 Å². The molecule has 22 heavy (non-hydrogen) atoms. The third kappa shape index (κ3) is 17.4. The smallest absolute Gasteiger partial charge is 0.263 e. The lowest BCUT2D eigenvalue weighted by Crippen LogP contribution is -1.83. The minimum atomic E-state index is -0.745. The highest BCUT2D eigenvalue weighted by atomic mass is 19.1. The quantitative estimate of drug-likeness (QED) is 0.205. The minimum Gasteiger partial charge on any atom is -0.282 e. The molecule has 0 spiro atoms. The predicted octanol–water partition coefficient (Wildman–Crippen LogP) is 7.21. The van der Waals surface area contributed by atoms with Gasteiger partial charge in [0, 0.05) is 0 Å². The Labute approximate surface area is 137 Å². The summed E-state index contributed by atoms with van der Waals surface area (Å²) in [5.74, 6) is -0.745. The molecule has 0 aromatic carbocycles. The highest BCUT2D eigenvalue weighted by Crippen LogP contribution is 2.13. The third-order valence-electron chi connectivity index (χ3n) is 4.23. The van der Waals surface area contributed by atoms with Gasteiger partial charge in [0.05, 0.1) is 0 Å². The van der Waals surface area contributed by atoms with Crippen molar-refractivity contribution in [2.75, 3.05) is 0 Å². The van der Waals surface area contributed by atoms with Gasteiger partial charge in [-0.1, -0.05) is 96.8 Å². The summed E-state index contributed by atoms with van der Waals surface area (Å²) in [4.78, 5) is 9.93. The zero-order valence-corrected chi connectivity index (χ0v) is 14.7. The molecule has 0 aromatic rings. The molecule has 1 radical (unpaired) electrons. The van der Waals surface area contributed by atoms with E-state index in [1.807, 2.05) is 0 Å². The predicted molar refractivity (Wildman–Crippen MR) is 94.4 cm³/mol. The van der Waals surface area contributed by atoms with Crippen molar-refractivity contribution in [2.24, 2.45) is 0 Å². The summed E-state index contributed by atoms with van der Waals surface area (Å²) < 4.78 is 12.5. The van der Waals surface area contributed by atoms with E-state index in [-0.39, 0.29) is 0 Å². The lowest BCUT2D eigenvalue weighted by Gasteiger charge is -2.03. The van der Waals surface area contributed by atoms with Gasteiger partial charge in [-0.3, -0.25) is 4.79 Å². The van der Waals surface area contributed by atoms with Gasteiger partial charge < -0.3 is 0 Å². The maximum atomic E-state index is 12.5. The molecule has 0 N–H and O–H groups in total. The number of hydrogen-bond acceptors (Lipinski definition) is 1. The van der Waals surface area contributed by atoms with Gasteiger partial charge in [0.25, 0.3) is 6.29 Å². The van der Waals surface area contributed by atoms with Crippen LogP contribution in [0.3, 0.4) is 0 Å². The average molecular weight is 312 g/mol. The number of carbonyl (C=O) groups excluding carboxylic acids is 1. The van der Waals surface area contributed by atoms with Crippen LogP contribution in [0, 0.1) is 0 Å². The van der Waals surface area contributed by atoms with E-state index >= 15 is 0 Å². The summed E-state index contributed by atoms with van der Waals surface area (Å²) in [6, 6.07) is 0. The van der Waals surface area contributed by atoms with Crippen molar-refractivity contribution in [1.29, 1.82) is 0 Å². The zero-order chi connectivity index (χ0) is 16.3. The van der Waals surface area contributed by atoms with Crippen molar-refractivity contribution in [1.82, 2.24) is 0 Å². The second-order valence-electron chi connectivity index (χ2n) is 6.39. The Morgan fingerprint density at radius 3 is 1.45 bits per heavy atom. The van der Waals surface area contributed by atoms with Crippen LogP contribution in [0.25, 0.3) is 0 Å². The van der Waals surface area contributed by atoms with Crippen LogP contribution in [-0.4, -0.2) is 6.29 Å². The molecule has 0 aromatic heterocycles. The fourth-order valence-corrected chi connectivity index (χ4v) is 2.79. The van der Waals surface area contributed by atoms with E-state index in [1.54, 1.807) is 0 Å². The fraction of sp³-hybridized carbons (Fsp3) is 0.850. The van der Waals surface area contributed by atoms with Crippen molar-refractivity contribution in [3.63, 3.8) is 0 Å². The lowest BCUT2D eigenvalue weighted by atomic mass is 10.0. The van der Waals surface area contributed by atoms with Crippen molar-refractivity contribution in [2.45, 2.75) is 110 Å². The third-order valence-corrected chi connectivity index (χ3v) is 4.23. The zero-order valence-electron chi connectivity index (χ0n) is 14.7. The Kier molecular flexibility index (Phi) is 17.8. The van der Waals surface area contributed by atoms with E-state index in [1.165, 1.54) is 95.8 Å². The Morgan fingerprint density at radius 2 is 1.09 bits per heavy atom. The van der Waals surface area contributed by atoms with Gasteiger partial charge in [-0.25, -0.2) is 4.39 Å². The van der Waals surface area contributed by atoms with Gasteiger partial charge in [0.2, 0.25) is 0 Å². The van der Waals surface area contributed by atoms with Crippen LogP contribution in [-0.2, 0) is 4.79 Å². The summed E-state index contributed by atoms with van der Waals surface area (Å²) in [6.45, 7) is 2.27. The van der Waals surface area contributed by atoms with Crippen LogP contribution in [0.2, 0.25) is 0 Å². The number of allylic oxidation sites excluding steroid dienone is 2. The van der Waals surface area contributed by atoms with Gasteiger partial charge in [0.15, 0.2) is 5.83 Å². The normalized spacial score (nSPS) is 11.8. The summed E-state index contributed by atoms with van der Waals surface area (Å²) in [5, 5.41) is 0. The second kappa shape index (κ2) is 18.4. The number of rotatable bonds is 17. The largest absolute Gasteiger partial charge is 0.282 e. The van der Waals surface area contributed by atoms with E-state index in [9.17, 15) is 9.18 Å². The maximum Gasteiger partial charge on any atom is 0.263 e. The summed E-state index contributed by atoms with van der Waals surface area (Å²) in [6.07, 6.45) is 23.3. The van der Waals surface area contributed by atoms with E-state index in [0.717, 1.165) is 12.8 Å². The van der Waals surface area contributed by atoms with Gasteiger partial charge in [-0.15, -0.1) is 0 Å². The van der Waals surface area contributed by atoms with Gasteiger partial charge in [-0.05, 0) is 18.9 Å². The molecule has 0 bridgehead atoms. The number of unbranched alkanes of at least 4 members (excludes halogenated alkanes) is 15. The van der Waals surface area contributed by atoms with Crippen LogP contribution < -0.4 is 0 Å². The first kappa shape index (κ1) is 21.3. The Hall–Kier alpha value is -0.660. The molecule has 0 atom stereocenters. The first-order valence-corrected chi connectivity index (χ1v) is 9.55. The van der Waals surface area contributed by atoms with E-state index in [2.05, 4.69) is 6.92 Å². The van der Waals surface area contributed by atoms with Crippen LogP contribution >= 0.6 is 0 Å². The standard InChI is InChI=1S/C20H36FO/c1-2-3-4-5-6-7-8-9-10-11-12-13-14-15-16-17-18-20(21)19-22/h18H,2-17H2,1H3/b20-18-. The van der Waals surface area contributed by atoms with Crippen LogP contribution in [0.4, 0.5) is 4.39 Å². The summed E-state index contributed by atoms with van der Waals surface area (Å²) in [5.41, 5.74) is 0. The first-order chi connectivity index (χ1) is 10.8. The molecule has 129 valence electrons. The Bertz CT molecular complexity index is 260. The number of hydrogen-bond donors (Lipinski definition) is 0. The average Bonchev–Trinajstić information content (AvgIpc) is 2.54. The van der Waals surface area contributed by atoms with Crippen LogP contribution in [0.15, 0.2) is 11.9 Å². The lowest BCUT2D eigenvalue weighted by molar-refractivity contribution is 0.531. The molecule has 0 saturated heterocycles. The number of halogens is 1. The molecule has 0 aliphatic heterocycles. The van der Waals surface area contributed by atoms with Crippen LogP contribution in [0.5, 0.6) is 0 Å². The molecular formula is C20H36FO. The summed E-state index contributed by atoms with van der Waals surface area (Å²) >= 11 is 0. The molecule has 0 rings (SSSR count). The molecule has 0 amide bonds. The van der Waals surface area contributed by atoms with Crippen LogP contribution in [0.1, 0.15) is 110 Å². The summed E-state index contributed by atoms with van der Waals surface area (Å²) in [7, 11) is 0. The van der Waals surface area contributed by atoms with E-state index in [0.29, 0.717) is 6.42 Å². The SMILES string of the molecule is CCCCCCCCCCCCCCCCC/C=C(\F)[C]=O. The molecule has 0 aliphatic carbocycles. The highest BCUT2D eigenvalue weighted by molar-refractivity contribution is 5.70. The molecule has 1 nitrogen and oxygen atoms in total. The molecule has 0 fully saturated rings. The topological polar surface area (TPSA) is 17.1 Å². The Morgan fingerprint density at radius 1 is 0.727 bits per heavy atom. The Balaban J connectivity index is 3.04. The highest BCUT2D eigenvalue weighted by Gasteiger charge is 1.95. The molecule has 0 saturated carbocycles. The van der Waals surface area contributed by atoms with Gasteiger partial charge in [-0.2, -0.15) is 0 Å². The first-order valence-electron chi connectivity index (χ1n) is 9.55. The van der Waals surface area contributed by atoms with Crippen molar-refractivity contribution >= 4 is 6.29 Å². The molecular weight excluding hydrogens is 275 g/mol. The van der Waals surface area contributed by atoms with Crippen molar-refractivity contribution < 1.29 is 9.18 Å². The molecule has 2 heteroatoms. The van der Waals surface area contributed by atoms with E-state index < -0.39 is 5.83 Å². The second-order valence-corrected chi connectivity index (χ2v) is 6.39.